The lowest BCUT2D eigenvalue weighted by Gasteiger charge is -2.14. The average Bonchev–Trinajstić information content (AvgIpc) is 2.51. The molecule has 2 heteroatoms. The largest absolute Gasteiger partial charge is 0.326 e. The molecule has 0 aromatic heterocycles. The zero-order valence-corrected chi connectivity index (χ0v) is 7.96. The minimum Gasteiger partial charge on any atom is -0.326 e. The van der Waals surface area contributed by atoms with Crippen LogP contribution in [-0.4, -0.2) is 19.1 Å². The molecule has 0 radical (unpaired) electrons. The molecule has 2 nitrogen and oxygen atoms in total. The minimum absolute atomic E-state index is 0.279. The molecule has 1 aliphatic heterocycles. The quantitative estimate of drug-likeness (QED) is 0.670. The minimum atomic E-state index is 0.279. The zero-order chi connectivity index (χ0) is 9.26. The summed E-state index contributed by atoms with van der Waals surface area (Å²) < 4.78 is 0. The first-order valence-corrected chi connectivity index (χ1v) is 4.80. The Bertz CT molecular complexity index is 296. The lowest BCUT2D eigenvalue weighted by molar-refractivity contribution is 0.653. The number of aryl methyl sites for hydroxylation is 1. The normalized spacial score (nSPS) is 27.8. The molecule has 2 rings (SSSR count). The molecule has 0 aliphatic carbocycles. The molecule has 0 spiro atoms. The highest BCUT2D eigenvalue weighted by atomic mass is 15.0. The molecule has 1 fully saturated rings. The van der Waals surface area contributed by atoms with Gasteiger partial charge in [0.1, 0.15) is 0 Å². The summed E-state index contributed by atoms with van der Waals surface area (Å²) in [5, 5.41) is 3.32. The molecule has 13 heavy (non-hydrogen) atoms. The standard InChI is InChI=1S/C11H16N2/c1-8-3-2-4-9(5-8)10-6-13-7-11(10)12/h2-5,10-11,13H,6-7,12H2,1H3/t10-,11-/m1/s1. The number of nitrogens with two attached hydrogens (primary N) is 1. The van der Waals surface area contributed by atoms with Gasteiger partial charge in [-0.05, 0) is 12.5 Å². The fourth-order valence-electron chi connectivity index (χ4n) is 1.96. The second-order valence-electron chi connectivity index (χ2n) is 3.84. The second-order valence-corrected chi connectivity index (χ2v) is 3.84. The molecule has 3 N–H and O–H groups in total. The number of benzene rings is 1. The van der Waals surface area contributed by atoms with Gasteiger partial charge in [0.25, 0.3) is 0 Å². The van der Waals surface area contributed by atoms with Crippen LogP contribution in [0, 0.1) is 6.92 Å². The van der Waals surface area contributed by atoms with Gasteiger partial charge in [-0.3, -0.25) is 0 Å². The van der Waals surface area contributed by atoms with Crippen molar-refractivity contribution in [2.24, 2.45) is 5.73 Å². The molecule has 0 amide bonds. The molecule has 0 unspecified atom stereocenters. The maximum atomic E-state index is 6.00. The van der Waals surface area contributed by atoms with E-state index in [1.807, 2.05) is 0 Å². The lowest BCUT2D eigenvalue weighted by Crippen LogP contribution is -2.27. The summed E-state index contributed by atoms with van der Waals surface area (Å²) in [7, 11) is 0. The molecule has 1 aliphatic rings. The Morgan fingerprint density at radius 3 is 2.85 bits per heavy atom. The van der Waals surface area contributed by atoms with Crippen molar-refractivity contribution >= 4 is 0 Å². The molecule has 70 valence electrons. The Morgan fingerprint density at radius 1 is 1.38 bits per heavy atom. The number of nitrogens with one attached hydrogen (secondary N) is 1. The van der Waals surface area contributed by atoms with E-state index in [1.54, 1.807) is 0 Å². The van der Waals surface area contributed by atoms with Crippen molar-refractivity contribution in [1.82, 2.24) is 5.32 Å². The Hall–Kier alpha value is -0.860. The predicted octanol–water partition coefficient (Wildman–Crippen LogP) is 1.01. The first kappa shape index (κ1) is 8.73. The highest BCUT2D eigenvalue weighted by Gasteiger charge is 2.24. The van der Waals surface area contributed by atoms with Gasteiger partial charge in [0.2, 0.25) is 0 Å². The first-order chi connectivity index (χ1) is 6.27. The summed E-state index contributed by atoms with van der Waals surface area (Å²) in [5.41, 5.74) is 8.69. The molecule has 1 saturated heterocycles. The third-order valence-electron chi connectivity index (χ3n) is 2.73. The van der Waals surface area contributed by atoms with E-state index in [4.69, 9.17) is 5.73 Å². The van der Waals surface area contributed by atoms with Gasteiger partial charge < -0.3 is 11.1 Å². The summed E-state index contributed by atoms with van der Waals surface area (Å²) in [5.74, 6) is 0.500. The van der Waals surface area contributed by atoms with Gasteiger partial charge in [-0.1, -0.05) is 29.8 Å². The van der Waals surface area contributed by atoms with Crippen LogP contribution in [0.15, 0.2) is 24.3 Å². The smallest absolute Gasteiger partial charge is 0.0247 e. The van der Waals surface area contributed by atoms with Crippen molar-refractivity contribution in [1.29, 1.82) is 0 Å². The van der Waals surface area contributed by atoms with Gasteiger partial charge in [-0.2, -0.15) is 0 Å². The molecular formula is C11H16N2. The number of hydrogen-bond acceptors (Lipinski definition) is 2. The molecule has 1 aromatic rings. The summed E-state index contributed by atoms with van der Waals surface area (Å²) in [6.45, 7) is 4.08. The van der Waals surface area contributed by atoms with Gasteiger partial charge in [0.05, 0.1) is 0 Å². The monoisotopic (exact) mass is 176 g/mol. The second kappa shape index (κ2) is 3.48. The van der Waals surface area contributed by atoms with E-state index >= 15 is 0 Å². The molecule has 0 saturated carbocycles. The van der Waals surface area contributed by atoms with Crippen LogP contribution in [0.25, 0.3) is 0 Å². The van der Waals surface area contributed by atoms with Gasteiger partial charge >= 0.3 is 0 Å². The van der Waals surface area contributed by atoms with E-state index in [1.165, 1.54) is 11.1 Å². The van der Waals surface area contributed by atoms with Crippen LogP contribution >= 0.6 is 0 Å². The third-order valence-corrected chi connectivity index (χ3v) is 2.73. The van der Waals surface area contributed by atoms with E-state index in [9.17, 15) is 0 Å². The van der Waals surface area contributed by atoms with Crippen LogP contribution in [0.5, 0.6) is 0 Å². The van der Waals surface area contributed by atoms with Crippen LogP contribution in [0.1, 0.15) is 17.0 Å². The van der Waals surface area contributed by atoms with E-state index in [0.717, 1.165) is 13.1 Å². The molecular weight excluding hydrogens is 160 g/mol. The van der Waals surface area contributed by atoms with Crippen molar-refractivity contribution in [3.63, 3.8) is 0 Å². The van der Waals surface area contributed by atoms with E-state index in [2.05, 4.69) is 36.5 Å². The van der Waals surface area contributed by atoms with Crippen molar-refractivity contribution in [3.8, 4) is 0 Å². The fourth-order valence-corrected chi connectivity index (χ4v) is 1.96. The van der Waals surface area contributed by atoms with Crippen LogP contribution < -0.4 is 11.1 Å². The van der Waals surface area contributed by atoms with Crippen LogP contribution in [0.2, 0.25) is 0 Å². The maximum Gasteiger partial charge on any atom is 0.0247 e. The summed E-state index contributed by atoms with van der Waals surface area (Å²) in [4.78, 5) is 0. The van der Waals surface area contributed by atoms with Crippen molar-refractivity contribution in [2.45, 2.75) is 18.9 Å². The Balaban J connectivity index is 2.24. The van der Waals surface area contributed by atoms with Crippen molar-refractivity contribution < 1.29 is 0 Å². The Kier molecular flexibility index (Phi) is 2.34. The zero-order valence-electron chi connectivity index (χ0n) is 7.96. The van der Waals surface area contributed by atoms with E-state index in [0.29, 0.717) is 5.92 Å². The summed E-state index contributed by atoms with van der Waals surface area (Å²) in [6.07, 6.45) is 0. The van der Waals surface area contributed by atoms with Crippen LogP contribution in [0.3, 0.4) is 0 Å². The predicted molar refractivity (Wildman–Crippen MR) is 54.8 cm³/mol. The van der Waals surface area contributed by atoms with Gasteiger partial charge in [-0.15, -0.1) is 0 Å². The summed E-state index contributed by atoms with van der Waals surface area (Å²) in [6, 6.07) is 8.91. The summed E-state index contributed by atoms with van der Waals surface area (Å²) >= 11 is 0. The highest BCUT2D eigenvalue weighted by molar-refractivity contribution is 5.28. The number of hydrogen-bond donors (Lipinski definition) is 2. The molecule has 1 heterocycles. The van der Waals surface area contributed by atoms with E-state index < -0.39 is 0 Å². The van der Waals surface area contributed by atoms with Gasteiger partial charge in [0, 0.05) is 25.0 Å². The SMILES string of the molecule is Cc1cccc([C@H]2CNC[C@H]2N)c1. The molecule has 1 aromatic carbocycles. The molecule has 0 bridgehead atoms. The Morgan fingerprint density at radius 2 is 2.23 bits per heavy atom. The highest BCUT2D eigenvalue weighted by Crippen LogP contribution is 2.21. The molecule has 2 atom stereocenters. The average molecular weight is 176 g/mol. The number of rotatable bonds is 1. The topological polar surface area (TPSA) is 38.0 Å². The van der Waals surface area contributed by atoms with Crippen molar-refractivity contribution in [2.75, 3.05) is 13.1 Å². The van der Waals surface area contributed by atoms with Crippen LogP contribution in [0.4, 0.5) is 0 Å². The van der Waals surface area contributed by atoms with Gasteiger partial charge in [-0.25, -0.2) is 0 Å². The lowest BCUT2D eigenvalue weighted by atomic mass is 9.94. The van der Waals surface area contributed by atoms with Crippen molar-refractivity contribution in [3.05, 3.63) is 35.4 Å². The van der Waals surface area contributed by atoms with Gasteiger partial charge in [0.15, 0.2) is 0 Å². The first-order valence-electron chi connectivity index (χ1n) is 4.80. The van der Waals surface area contributed by atoms with E-state index in [-0.39, 0.29) is 6.04 Å². The Labute approximate surface area is 79.1 Å². The van der Waals surface area contributed by atoms with Crippen LogP contribution in [-0.2, 0) is 0 Å². The maximum absolute atomic E-state index is 6.00. The third kappa shape index (κ3) is 1.74. The fraction of sp³-hybridized carbons (Fsp3) is 0.455.